The summed E-state index contributed by atoms with van der Waals surface area (Å²) in [6.07, 6.45) is 0. The molecule has 0 unspecified atom stereocenters. The van der Waals surface area contributed by atoms with Crippen molar-refractivity contribution >= 4 is 21.8 Å². The zero-order valence-corrected chi connectivity index (χ0v) is 12.0. The number of para-hydroxylation sites is 1. The Morgan fingerprint density at radius 2 is 2.17 bits per heavy atom. The van der Waals surface area contributed by atoms with Crippen molar-refractivity contribution in [2.45, 2.75) is 19.4 Å². The van der Waals surface area contributed by atoms with Crippen LogP contribution in [0.2, 0.25) is 0 Å². The number of nitrogens with one attached hydrogen (secondary N) is 1. The molecule has 0 fully saturated rings. The second-order valence-electron chi connectivity index (χ2n) is 4.22. The van der Waals surface area contributed by atoms with Gasteiger partial charge in [0.2, 0.25) is 0 Å². The summed E-state index contributed by atoms with van der Waals surface area (Å²) in [4.78, 5) is 12.0. The van der Waals surface area contributed by atoms with Crippen LogP contribution in [-0.4, -0.2) is 23.4 Å². The molecule has 1 aromatic carbocycles. The van der Waals surface area contributed by atoms with Crippen molar-refractivity contribution in [1.82, 2.24) is 5.32 Å². The van der Waals surface area contributed by atoms with Crippen LogP contribution >= 0.6 is 15.9 Å². The molecule has 1 amide bonds. The molecule has 0 aliphatic carbocycles. The number of benzene rings is 1. The fraction of sp³-hybridized carbons (Fsp3) is 0.385. The maximum atomic E-state index is 12.0. The van der Waals surface area contributed by atoms with Gasteiger partial charge >= 0.3 is 0 Å². The van der Waals surface area contributed by atoms with E-state index in [0.29, 0.717) is 23.2 Å². The molecule has 1 aromatic rings. The minimum atomic E-state index is -0.903. The number of carbonyl (C=O) groups excluding carboxylic acids is 1. The highest BCUT2D eigenvalue weighted by Gasteiger charge is 2.22. The Morgan fingerprint density at radius 3 is 2.78 bits per heavy atom. The van der Waals surface area contributed by atoms with Gasteiger partial charge in [0.25, 0.3) is 5.91 Å². The Hall–Kier alpha value is -1.54. The van der Waals surface area contributed by atoms with E-state index >= 15 is 0 Å². The number of halogens is 1. The summed E-state index contributed by atoms with van der Waals surface area (Å²) in [6.45, 7) is 3.77. The molecule has 0 saturated carbocycles. The Kier molecular flexibility index (Phi) is 5.17. The number of amides is 1. The van der Waals surface area contributed by atoms with Gasteiger partial charge in [0.05, 0.1) is 18.2 Å². The molecule has 0 bridgehead atoms. The van der Waals surface area contributed by atoms with Crippen molar-refractivity contribution in [3.63, 3.8) is 0 Å². The topological polar surface area (TPSA) is 62.1 Å². The highest BCUT2D eigenvalue weighted by atomic mass is 79.9. The molecule has 0 aliphatic heterocycles. The molecule has 4 nitrogen and oxygen atoms in total. The lowest BCUT2D eigenvalue weighted by Gasteiger charge is -2.18. The Labute approximate surface area is 115 Å². The SMILES string of the molecule is CC(C)(C#N)NC(=O)c1ccccc1OCCBr. The minimum absolute atomic E-state index is 0.313. The van der Waals surface area contributed by atoms with Crippen molar-refractivity contribution in [2.24, 2.45) is 0 Å². The van der Waals surface area contributed by atoms with Crippen LogP contribution in [0.15, 0.2) is 24.3 Å². The van der Waals surface area contributed by atoms with Crippen molar-refractivity contribution in [2.75, 3.05) is 11.9 Å². The smallest absolute Gasteiger partial charge is 0.256 e. The number of carbonyl (C=O) groups is 1. The Balaban J connectivity index is 2.89. The van der Waals surface area contributed by atoms with Gasteiger partial charge in [0.1, 0.15) is 11.3 Å². The molecule has 0 radical (unpaired) electrons. The Morgan fingerprint density at radius 1 is 1.50 bits per heavy atom. The fourth-order valence-electron chi connectivity index (χ4n) is 1.31. The van der Waals surface area contributed by atoms with E-state index in [4.69, 9.17) is 10.00 Å². The molecule has 0 saturated heterocycles. The molecule has 18 heavy (non-hydrogen) atoms. The largest absolute Gasteiger partial charge is 0.492 e. The Bertz CT molecular complexity index is 466. The van der Waals surface area contributed by atoms with Crippen molar-refractivity contribution in [1.29, 1.82) is 5.26 Å². The van der Waals surface area contributed by atoms with E-state index in [2.05, 4.69) is 21.2 Å². The predicted molar refractivity (Wildman–Crippen MR) is 72.9 cm³/mol. The fourth-order valence-corrected chi connectivity index (χ4v) is 1.47. The first-order valence-electron chi connectivity index (χ1n) is 5.52. The second-order valence-corrected chi connectivity index (χ2v) is 5.02. The first-order chi connectivity index (χ1) is 8.50. The van der Waals surface area contributed by atoms with Gasteiger partial charge in [0, 0.05) is 5.33 Å². The number of nitrogens with zero attached hydrogens (tertiary/aromatic N) is 1. The van der Waals surface area contributed by atoms with Gasteiger partial charge in [-0.25, -0.2) is 0 Å². The highest BCUT2D eigenvalue weighted by molar-refractivity contribution is 9.09. The van der Waals surface area contributed by atoms with E-state index < -0.39 is 5.54 Å². The standard InChI is InChI=1S/C13H15BrN2O2/c1-13(2,9-15)16-12(17)10-5-3-4-6-11(10)18-8-7-14/h3-6H,7-8H2,1-2H3,(H,16,17). The van der Waals surface area contributed by atoms with E-state index in [9.17, 15) is 4.79 Å². The van der Waals surface area contributed by atoms with E-state index in [0.717, 1.165) is 0 Å². The van der Waals surface area contributed by atoms with Gasteiger partial charge in [0.15, 0.2) is 0 Å². The highest BCUT2D eigenvalue weighted by Crippen LogP contribution is 2.18. The summed E-state index contributed by atoms with van der Waals surface area (Å²) >= 11 is 3.26. The summed E-state index contributed by atoms with van der Waals surface area (Å²) in [5, 5.41) is 12.2. The number of hydrogen-bond donors (Lipinski definition) is 1. The van der Waals surface area contributed by atoms with Crippen LogP contribution in [0.3, 0.4) is 0 Å². The lowest BCUT2D eigenvalue weighted by molar-refractivity contribution is 0.0925. The lowest BCUT2D eigenvalue weighted by atomic mass is 10.1. The summed E-state index contributed by atoms with van der Waals surface area (Å²) < 4.78 is 5.46. The van der Waals surface area contributed by atoms with Crippen molar-refractivity contribution in [3.05, 3.63) is 29.8 Å². The number of rotatable bonds is 5. The molecular formula is C13H15BrN2O2. The van der Waals surface area contributed by atoms with Crippen molar-refractivity contribution < 1.29 is 9.53 Å². The zero-order chi connectivity index (χ0) is 13.6. The van der Waals surface area contributed by atoms with Crippen LogP contribution in [0.5, 0.6) is 5.75 Å². The third kappa shape index (κ3) is 4.04. The van der Waals surface area contributed by atoms with E-state index in [1.54, 1.807) is 38.1 Å². The molecule has 96 valence electrons. The molecule has 0 spiro atoms. The van der Waals surface area contributed by atoms with Crippen LogP contribution in [0.4, 0.5) is 0 Å². The number of nitriles is 1. The monoisotopic (exact) mass is 310 g/mol. The van der Waals surface area contributed by atoms with Gasteiger partial charge in [-0.3, -0.25) is 4.79 Å². The van der Waals surface area contributed by atoms with Gasteiger partial charge in [-0.2, -0.15) is 5.26 Å². The normalized spacial score (nSPS) is 10.6. The molecule has 0 atom stereocenters. The van der Waals surface area contributed by atoms with Crippen LogP contribution < -0.4 is 10.1 Å². The van der Waals surface area contributed by atoms with Crippen LogP contribution in [0.1, 0.15) is 24.2 Å². The predicted octanol–water partition coefficient (Wildman–Crippen LogP) is 2.49. The maximum Gasteiger partial charge on any atom is 0.256 e. The van der Waals surface area contributed by atoms with Crippen molar-refractivity contribution in [3.8, 4) is 11.8 Å². The van der Waals surface area contributed by atoms with Crippen LogP contribution in [0, 0.1) is 11.3 Å². The minimum Gasteiger partial charge on any atom is -0.492 e. The molecule has 1 N–H and O–H groups in total. The average molecular weight is 311 g/mol. The van der Waals surface area contributed by atoms with E-state index in [1.165, 1.54) is 0 Å². The number of ether oxygens (including phenoxy) is 1. The summed E-state index contributed by atoms with van der Waals surface area (Å²) in [7, 11) is 0. The quantitative estimate of drug-likeness (QED) is 0.850. The van der Waals surface area contributed by atoms with Crippen LogP contribution in [0.25, 0.3) is 0 Å². The summed E-state index contributed by atoms with van der Waals surface area (Å²) in [5.41, 5.74) is -0.471. The second kappa shape index (κ2) is 6.41. The molecule has 5 heteroatoms. The summed E-state index contributed by atoms with van der Waals surface area (Å²) in [6, 6.07) is 8.99. The average Bonchev–Trinajstić information content (AvgIpc) is 2.36. The van der Waals surface area contributed by atoms with Gasteiger partial charge < -0.3 is 10.1 Å². The first-order valence-corrected chi connectivity index (χ1v) is 6.64. The number of hydrogen-bond acceptors (Lipinski definition) is 3. The van der Waals surface area contributed by atoms with E-state index in [1.807, 2.05) is 6.07 Å². The van der Waals surface area contributed by atoms with E-state index in [-0.39, 0.29) is 5.91 Å². The van der Waals surface area contributed by atoms with Crippen LogP contribution in [-0.2, 0) is 0 Å². The van der Waals surface area contributed by atoms with Gasteiger partial charge in [-0.1, -0.05) is 28.1 Å². The zero-order valence-electron chi connectivity index (χ0n) is 10.4. The van der Waals surface area contributed by atoms with Gasteiger partial charge in [-0.15, -0.1) is 0 Å². The molecule has 1 rings (SSSR count). The first kappa shape index (κ1) is 14.5. The molecular weight excluding hydrogens is 296 g/mol. The third-order valence-electron chi connectivity index (χ3n) is 2.17. The molecule has 0 aliphatic rings. The maximum absolute atomic E-state index is 12.0. The molecule has 0 aromatic heterocycles. The third-order valence-corrected chi connectivity index (χ3v) is 2.50. The number of alkyl halides is 1. The molecule has 0 heterocycles. The van der Waals surface area contributed by atoms with Gasteiger partial charge in [-0.05, 0) is 26.0 Å². The summed E-state index contributed by atoms with van der Waals surface area (Å²) in [5.74, 6) is 0.204. The lowest BCUT2D eigenvalue weighted by Crippen LogP contribution is -2.42.